The highest BCUT2D eigenvalue weighted by Gasteiger charge is 2.13. The minimum Gasteiger partial charge on any atom is -0.497 e. The molecule has 0 aliphatic carbocycles. The molecule has 3 nitrogen and oxygen atoms in total. The molecule has 3 heteroatoms. The Morgan fingerprint density at radius 1 is 1.53 bits per heavy atom. The molecule has 0 radical (unpaired) electrons. The number of rotatable bonds is 4. The highest BCUT2D eigenvalue weighted by molar-refractivity contribution is 5.48. The van der Waals surface area contributed by atoms with Crippen LogP contribution < -0.4 is 15.4 Å². The zero-order valence-electron chi connectivity index (χ0n) is 9.12. The van der Waals surface area contributed by atoms with Crippen LogP contribution in [0.1, 0.15) is 6.42 Å². The van der Waals surface area contributed by atoms with Gasteiger partial charge in [0.1, 0.15) is 5.75 Å². The maximum Gasteiger partial charge on any atom is 0.120 e. The summed E-state index contributed by atoms with van der Waals surface area (Å²) < 4.78 is 5.17. The Labute approximate surface area is 90.8 Å². The molecule has 0 aromatic heterocycles. The fourth-order valence-electron chi connectivity index (χ4n) is 1.88. The summed E-state index contributed by atoms with van der Waals surface area (Å²) in [5.74, 6) is 1.67. The zero-order valence-corrected chi connectivity index (χ0v) is 9.12. The van der Waals surface area contributed by atoms with E-state index in [1.165, 1.54) is 6.42 Å². The van der Waals surface area contributed by atoms with Crippen molar-refractivity contribution in [2.45, 2.75) is 6.42 Å². The summed E-state index contributed by atoms with van der Waals surface area (Å²) in [5.41, 5.74) is 1.14. The summed E-state index contributed by atoms with van der Waals surface area (Å²) in [6, 6.07) is 8.07. The Kier molecular flexibility index (Phi) is 3.45. The predicted molar refractivity (Wildman–Crippen MR) is 62.5 cm³/mol. The van der Waals surface area contributed by atoms with E-state index in [0.717, 1.165) is 37.0 Å². The fraction of sp³-hybridized carbons (Fsp3) is 0.500. The second kappa shape index (κ2) is 5.03. The normalized spacial score (nSPS) is 20.2. The van der Waals surface area contributed by atoms with Gasteiger partial charge >= 0.3 is 0 Å². The molecule has 1 unspecified atom stereocenters. The monoisotopic (exact) mass is 206 g/mol. The third kappa shape index (κ3) is 2.86. The van der Waals surface area contributed by atoms with Crippen molar-refractivity contribution in [1.82, 2.24) is 5.32 Å². The molecule has 1 aromatic carbocycles. The highest BCUT2D eigenvalue weighted by Crippen LogP contribution is 2.17. The van der Waals surface area contributed by atoms with Crippen LogP contribution in [0.5, 0.6) is 5.75 Å². The van der Waals surface area contributed by atoms with E-state index >= 15 is 0 Å². The number of ether oxygens (including phenoxy) is 1. The number of nitrogens with one attached hydrogen (secondary N) is 2. The minimum absolute atomic E-state index is 0.760. The Morgan fingerprint density at radius 2 is 2.47 bits per heavy atom. The second-order valence-electron chi connectivity index (χ2n) is 3.97. The zero-order chi connectivity index (χ0) is 10.5. The van der Waals surface area contributed by atoms with Crippen molar-refractivity contribution >= 4 is 5.69 Å². The fourth-order valence-corrected chi connectivity index (χ4v) is 1.88. The Hall–Kier alpha value is -1.22. The molecule has 82 valence electrons. The van der Waals surface area contributed by atoms with Gasteiger partial charge in [0, 0.05) is 18.3 Å². The molecule has 2 rings (SSSR count). The van der Waals surface area contributed by atoms with Crippen LogP contribution in [-0.4, -0.2) is 26.7 Å². The maximum atomic E-state index is 5.17. The van der Waals surface area contributed by atoms with Gasteiger partial charge in [0.15, 0.2) is 0 Å². The van der Waals surface area contributed by atoms with Crippen LogP contribution in [0.4, 0.5) is 5.69 Å². The first kappa shape index (κ1) is 10.3. The van der Waals surface area contributed by atoms with E-state index in [2.05, 4.69) is 16.7 Å². The predicted octanol–water partition coefficient (Wildman–Crippen LogP) is 1.72. The molecule has 0 amide bonds. The molecule has 0 bridgehead atoms. The van der Waals surface area contributed by atoms with Crippen molar-refractivity contribution in [2.24, 2.45) is 5.92 Å². The van der Waals surface area contributed by atoms with Crippen LogP contribution in [0.2, 0.25) is 0 Å². The van der Waals surface area contributed by atoms with Gasteiger partial charge in [-0.3, -0.25) is 0 Å². The topological polar surface area (TPSA) is 33.3 Å². The van der Waals surface area contributed by atoms with E-state index in [-0.39, 0.29) is 0 Å². The average Bonchev–Trinajstić information content (AvgIpc) is 2.79. The highest BCUT2D eigenvalue weighted by atomic mass is 16.5. The molecular formula is C12H18N2O. The lowest BCUT2D eigenvalue weighted by Crippen LogP contribution is -2.17. The van der Waals surface area contributed by atoms with Gasteiger partial charge in [0.25, 0.3) is 0 Å². The van der Waals surface area contributed by atoms with Gasteiger partial charge in [-0.15, -0.1) is 0 Å². The Balaban J connectivity index is 1.86. The van der Waals surface area contributed by atoms with Crippen molar-refractivity contribution in [2.75, 3.05) is 32.1 Å². The van der Waals surface area contributed by atoms with Gasteiger partial charge in [0.2, 0.25) is 0 Å². The summed E-state index contributed by atoms with van der Waals surface area (Å²) >= 11 is 0. The lowest BCUT2D eigenvalue weighted by molar-refractivity contribution is 0.415. The van der Waals surface area contributed by atoms with Gasteiger partial charge in [0.05, 0.1) is 7.11 Å². The standard InChI is InChI=1S/C12H18N2O/c1-15-12-4-2-3-11(7-12)14-9-10-5-6-13-8-10/h2-4,7,10,13-14H,5-6,8-9H2,1H3. The molecule has 1 fully saturated rings. The van der Waals surface area contributed by atoms with Crippen LogP contribution in [0.3, 0.4) is 0 Å². The molecule has 0 spiro atoms. The summed E-state index contributed by atoms with van der Waals surface area (Å²) in [7, 11) is 1.69. The molecule has 1 atom stereocenters. The lowest BCUT2D eigenvalue weighted by Gasteiger charge is -2.11. The van der Waals surface area contributed by atoms with E-state index in [0.29, 0.717) is 0 Å². The van der Waals surface area contributed by atoms with E-state index < -0.39 is 0 Å². The number of hydrogen-bond donors (Lipinski definition) is 2. The maximum absolute atomic E-state index is 5.17. The van der Waals surface area contributed by atoms with Crippen LogP contribution in [0, 0.1) is 5.92 Å². The summed E-state index contributed by atoms with van der Waals surface area (Å²) in [6.07, 6.45) is 1.27. The van der Waals surface area contributed by atoms with Crippen LogP contribution >= 0.6 is 0 Å². The summed E-state index contributed by atoms with van der Waals surface area (Å²) in [6.45, 7) is 3.33. The first-order valence-electron chi connectivity index (χ1n) is 5.47. The molecule has 15 heavy (non-hydrogen) atoms. The van der Waals surface area contributed by atoms with Gasteiger partial charge in [-0.2, -0.15) is 0 Å². The molecule has 2 N–H and O–H groups in total. The molecule has 1 aromatic rings. The molecule has 1 aliphatic rings. The van der Waals surface area contributed by atoms with E-state index in [1.807, 2.05) is 18.2 Å². The molecule has 1 aliphatic heterocycles. The SMILES string of the molecule is COc1cccc(NCC2CCNC2)c1. The van der Waals surface area contributed by atoms with Crippen molar-refractivity contribution in [3.63, 3.8) is 0 Å². The van der Waals surface area contributed by atoms with E-state index in [9.17, 15) is 0 Å². The van der Waals surface area contributed by atoms with Gasteiger partial charge < -0.3 is 15.4 Å². The van der Waals surface area contributed by atoms with Crippen molar-refractivity contribution in [3.8, 4) is 5.75 Å². The van der Waals surface area contributed by atoms with Crippen molar-refractivity contribution in [3.05, 3.63) is 24.3 Å². The Bertz CT molecular complexity index is 308. The largest absolute Gasteiger partial charge is 0.497 e. The summed E-state index contributed by atoms with van der Waals surface area (Å²) in [5, 5.41) is 6.81. The average molecular weight is 206 g/mol. The Morgan fingerprint density at radius 3 is 3.20 bits per heavy atom. The second-order valence-corrected chi connectivity index (χ2v) is 3.97. The van der Waals surface area contributed by atoms with E-state index in [1.54, 1.807) is 7.11 Å². The molecule has 1 heterocycles. The molecular weight excluding hydrogens is 188 g/mol. The number of hydrogen-bond acceptors (Lipinski definition) is 3. The van der Waals surface area contributed by atoms with Gasteiger partial charge in [-0.1, -0.05) is 6.07 Å². The lowest BCUT2D eigenvalue weighted by atomic mass is 10.1. The van der Waals surface area contributed by atoms with Gasteiger partial charge in [-0.05, 0) is 37.6 Å². The van der Waals surface area contributed by atoms with E-state index in [4.69, 9.17) is 4.74 Å². The first-order valence-corrected chi connectivity index (χ1v) is 5.47. The number of benzene rings is 1. The van der Waals surface area contributed by atoms with Crippen LogP contribution in [0.25, 0.3) is 0 Å². The smallest absolute Gasteiger partial charge is 0.120 e. The van der Waals surface area contributed by atoms with Crippen LogP contribution in [-0.2, 0) is 0 Å². The molecule has 0 saturated carbocycles. The third-order valence-electron chi connectivity index (χ3n) is 2.83. The first-order chi connectivity index (χ1) is 7.38. The van der Waals surface area contributed by atoms with Crippen molar-refractivity contribution in [1.29, 1.82) is 0 Å². The molecule has 1 saturated heterocycles. The number of anilines is 1. The third-order valence-corrected chi connectivity index (χ3v) is 2.83. The van der Waals surface area contributed by atoms with Crippen molar-refractivity contribution < 1.29 is 4.74 Å². The summed E-state index contributed by atoms with van der Waals surface area (Å²) in [4.78, 5) is 0. The number of methoxy groups -OCH3 is 1. The quantitative estimate of drug-likeness (QED) is 0.787. The van der Waals surface area contributed by atoms with Crippen LogP contribution in [0.15, 0.2) is 24.3 Å². The minimum atomic E-state index is 0.760. The van der Waals surface area contributed by atoms with Gasteiger partial charge in [-0.25, -0.2) is 0 Å².